The zero-order valence-electron chi connectivity index (χ0n) is 12.5. The molecule has 0 aliphatic carbocycles. The molecule has 0 spiro atoms. The molecule has 7 nitrogen and oxygen atoms in total. The second-order valence-electron chi connectivity index (χ2n) is 4.75. The minimum absolute atomic E-state index is 0.118. The van der Waals surface area contributed by atoms with Crippen LogP contribution >= 0.6 is 0 Å². The van der Waals surface area contributed by atoms with Crippen molar-refractivity contribution >= 4 is 11.6 Å². The Morgan fingerprint density at radius 1 is 1.26 bits per heavy atom. The highest BCUT2D eigenvalue weighted by atomic mass is 16.5. The highest BCUT2D eigenvalue weighted by molar-refractivity contribution is 5.90. The zero-order valence-corrected chi connectivity index (χ0v) is 12.5. The second kappa shape index (κ2) is 6.35. The number of esters is 1. The largest absolute Gasteiger partial charge is 0.481 e. The number of aromatic amines is 1. The van der Waals surface area contributed by atoms with Crippen LogP contribution in [0.4, 0.5) is 0 Å². The maximum Gasteiger partial charge on any atom is 0.361 e. The maximum atomic E-state index is 12.5. The minimum atomic E-state index is -0.684. The normalized spacial score (nSPS) is 10.7. The van der Waals surface area contributed by atoms with E-state index >= 15 is 0 Å². The Morgan fingerprint density at radius 2 is 2.04 bits per heavy atom. The molecule has 3 rings (SSSR count). The van der Waals surface area contributed by atoms with E-state index < -0.39 is 11.5 Å². The van der Waals surface area contributed by atoms with Gasteiger partial charge in [0, 0.05) is 12.3 Å². The Kier molecular flexibility index (Phi) is 4.09. The molecule has 0 radical (unpaired) electrons. The van der Waals surface area contributed by atoms with Crippen LogP contribution in [0.3, 0.4) is 0 Å². The minimum Gasteiger partial charge on any atom is -0.481 e. The Labute approximate surface area is 131 Å². The monoisotopic (exact) mass is 313 g/mol. The number of nitrogens with zero attached hydrogens (tertiary/aromatic N) is 2. The lowest BCUT2D eigenvalue weighted by atomic mass is 10.2. The lowest BCUT2D eigenvalue weighted by Gasteiger charge is -2.10. The van der Waals surface area contributed by atoms with Crippen molar-refractivity contribution in [3.05, 3.63) is 64.2 Å². The van der Waals surface area contributed by atoms with Gasteiger partial charge in [0.2, 0.25) is 5.75 Å². The molecule has 0 amide bonds. The van der Waals surface area contributed by atoms with Crippen molar-refractivity contribution < 1.29 is 14.3 Å². The van der Waals surface area contributed by atoms with E-state index in [-0.39, 0.29) is 24.7 Å². The van der Waals surface area contributed by atoms with Gasteiger partial charge >= 0.3 is 11.5 Å². The molecule has 3 aromatic rings. The van der Waals surface area contributed by atoms with Crippen LogP contribution in [0.5, 0.6) is 5.75 Å². The first-order valence-corrected chi connectivity index (χ1v) is 7.14. The molecule has 0 aliphatic rings. The van der Waals surface area contributed by atoms with Gasteiger partial charge in [0.25, 0.3) is 0 Å². The summed E-state index contributed by atoms with van der Waals surface area (Å²) in [5.41, 5.74) is 0.592. The molecule has 0 atom stereocenters. The maximum absolute atomic E-state index is 12.5. The summed E-state index contributed by atoms with van der Waals surface area (Å²) in [6, 6.07) is 10.9. The number of ether oxygens (including phenoxy) is 2. The zero-order chi connectivity index (χ0) is 16.2. The Hall–Kier alpha value is -3.09. The fraction of sp³-hybridized carbons (Fsp3) is 0.188. The highest BCUT2D eigenvalue weighted by Gasteiger charge is 2.22. The van der Waals surface area contributed by atoms with Gasteiger partial charge in [-0.3, -0.25) is 9.89 Å². The first-order valence-electron chi connectivity index (χ1n) is 7.14. The van der Waals surface area contributed by atoms with E-state index in [0.29, 0.717) is 5.65 Å². The molecule has 2 aromatic heterocycles. The van der Waals surface area contributed by atoms with Crippen molar-refractivity contribution in [2.24, 2.45) is 0 Å². The summed E-state index contributed by atoms with van der Waals surface area (Å²) < 4.78 is 11.8. The van der Waals surface area contributed by atoms with Crippen molar-refractivity contribution in [2.45, 2.75) is 13.5 Å². The summed E-state index contributed by atoms with van der Waals surface area (Å²) in [5, 5.41) is 2.73. The molecular formula is C16H15N3O4. The third kappa shape index (κ3) is 2.94. The SMILES string of the molecule is CCOC(=O)c1nc2cc[nH]n2c(=O)c1OCc1ccccc1. The molecule has 2 heterocycles. The summed E-state index contributed by atoms with van der Waals surface area (Å²) in [5.74, 6) is -0.816. The molecule has 0 saturated carbocycles. The molecule has 0 saturated heterocycles. The lowest BCUT2D eigenvalue weighted by molar-refractivity contribution is 0.0513. The average molecular weight is 313 g/mol. The third-order valence-corrected chi connectivity index (χ3v) is 3.20. The predicted molar refractivity (Wildman–Crippen MR) is 82.5 cm³/mol. The molecule has 0 fully saturated rings. The van der Waals surface area contributed by atoms with Crippen LogP contribution in [-0.2, 0) is 11.3 Å². The number of rotatable bonds is 5. The van der Waals surface area contributed by atoms with E-state index in [1.54, 1.807) is 19.2 Å². The van der Waals surface area contributed by atoms with E-state index in [1.165, 1.54) is 4.52 Å². The quantitative estimate of drug-likeness (QED) is 0.726. The summed E-state index contributed by atoms with van der Waals surface area (Å²) in [4.78, 5) is 28.7. The van der Waals surface area contributed by atoms with Crippen molar-refractivity contribution in [3.63, 3.8) is 0 Å². The van der Waals surface area contributed by atoms with Crippen LogP contribution in [0.25, 0.3) is 5.65 Å². The van der Waals surface area contributed by atoms with Gasteiger partial charge in [0.15, 0.2) is 11.3 Å². The van der Waals surface area contributed by atoms with Crippen LogP contribution < -0.4 is 10.3 Å². The molecule has 0 bridgehead atoms. The Balaban J connectivity index is 2.01. The number of nitrogens with one attached hydrogen (secondary N) is 1. The summed E-state index contributed by atoms with van der Waals surface area (Å²) in [6.07, 6.45) is 1.56. The van der Waals surface area contributed by atoms with E-state index in [2.05, 4.69) is 10.1 Å². The molecular weight excluding hydrogens is 298 g/mol. The predicted octanol–water partition coefficient (Wildman–Crippen LogP) is 1.78. The molecule has 118 valence electrons. The standard InChI is InChI=1S/C16H15N3O4/c1-2-22-16(21)13-14(23-10-11-6-4-3-5-7-11)15(20)19-12(18-13)8-9-17-19/h3-9,17H,2,10H2,1H3. The van der Waals surface area contributed by atoms with E-state index in [9.17, 15) is 9.59 Å². The molecule has 23 heavy (non-hydrogen) atoms. The summed E-state index contributed by atoms with van der Waals surface area (Å²) >= 11 is 0. The van der Waals surface area contributed by atoms with Gasteiger partial charge in [-0.05, 0) is 12.5 Å². The van der Waals surface area contributed by atoms with Gasteiger partial charge in [0.05, 0.1) is 6.61 Å². The average Bonchev–Trinajstić information content (AvgIpc) is 3.04. The van der Waals surface area contributed by atoms with Gasteiger partial charge in [-0.2, -0.15) is 4.52 Å². The summed E-state index contributed by atoms with van der Waals surface area (Å²) in [7, 11) is 0. The topological polar surface area (TPSA) is 85.7 Å². The van der Waals surface area contributed by atoms with Gasteiger partial charge in [-0.15, -0.1) is 0 Å². The lowest BCUT2D eigenvalue weighted by Crippen LogP contribution is -2.23. The molecule has 1 N–H and O–H groups in total. The summed E-state index contributed by atoms with van der Waals surface area (Å²) in [6.45, 7) is 2.02. The molecule has 0 unspecified atom stereocenters. The van der Waals surface area contributed by atoms with Crippen LogP contribution in [0, 0.1) is 0 Å². The number of carbonyl (C=O) groups is 1. The Bertz CT molecular complexity index is 883. The smallest absolute Gasteiger partial charge is 0.361 e. The van der Waals surface area contributed by atoms with Gasteiger partial charge in [0.1, 0.15) is 6.61 Å². The number of fused-ring (bicyclic) bond motifs is 1. The molecule has 7 heteroatoms. The van der Waals surface area contributed by atoms with Crippen LogP contribution in [0.15, 0.2) is 47.4 Å². The number of aromatic nitrogens is 3. The van der Waals surface area contributed by atoms with Crippen molar-refractivity contribution in [3.8, 4) is 5.75 Å². The van der Waals surface area contributed by atoms with E-state index in [4.69, 9.17) is 9.47 Å². The van der Waals surface area contributed by atoms with Gasteiger partial charge < -0.3 is 9.47 Å². The van der Waals surface area contributed by atoms with Crippen LogP contribution in [0.2, 0.25) is 0 Å². The van der Waals surface area contributed by atoms with Gasteiger partial charge in [-0.25, -0.2) is 9.78 Å². The first-order chi connectivity index (χ1) is 11.2. The molecule has 1 aromatic carbocycles. The van der Waals surface area contributed by atoms with E-state index in [1.807, 2.05) is 30.3 Å². The van der Waals surface area contributed by atoms with E-state index in [0.717, 1.165) is 5.56 Å². The first kappa shape index (κ1) is 14.8. The van der Waals surface area contributed by atoms with Crippen molar-refractivity contribution in [1.82, 2.24) is 14.6 Å². The van der Waals surface area contributed by atoms with Gasteiger partial charge in [-0.1, -0.05) is 30.3 Å². The number of hydrogen-bond acceptors (Lipinski definition) is 5. The van der Waals surface area contributed by atoms with Crippen molar-refractivity contribution in [2.75, 3.05) is 6.61 Å². The van der Waals surface area contributed by atoms with Crippen LogP contribution in [-0.4, -0.2) is 27.2 Å². The fourth-order valence-electron chi connectivity index (χ4n) is 2.14. The third-order valence-electron chi connectivity index (χ3n) is 3.20. The number of H-pyrrole nitrogens is 1. The Morgan fingerprint density at radius 3 is 2.78 bits per heavy atom. The number of benzene rings is 1. The fourth-order valence-corrected chi connectivity index (χ4v) is 2.14. The molecule has 0 aliphatic heterocycles. The number of carbonyl (C=O) groups excluding carboxylic acids is 1. The second-order valence-corrected chi connectivity index (χ2v) is 4.75. The number of hydrogen-bond donors (Lipinski definition) is 1. The van der Waals surface area contributed by atoms with Crippen LogP contribution in [0.1, 0.15) is 23.0 Å². The van der Waals surface area contributed by atoms with Crippen molar-refractivity contribution in [1.29, 1.82) is 0 Å². The highest BCUT2D eigenvalue weighted by Crippen LogP contribution is 2.15.